The zero-order valence-electron chi connectivity index (χ0n) is 16.2. The highest BCUT2D eigenvalue weighted by atomic mass is 32.2. The first-order valence-electron chi connectivity index (χ1n) is 9.54. The third-order valence-electron chi connectivity index (χ3n) is 3.99. The highest BCUT2D eigenvalue weighted by Gasteiger charge is 2.11. The van der Waals surface area contributed by atoms with Crippen LogP contribution in [0.15, 0.2) is 29.2 Å². The van der Waals surface area contributed by atoms with E-state index >= 15 is 0 Å². The van der Waals surface area contributed by atoms with Gasteiger partial charge in [0.25, 0.3) is 10.1 Å². The first kappa shape index (κ1) is 24.4. The third kappa shape index (κ3) is 11.2. The number of rotatable bonds is 14. The monoisotopic (exact) mass is 418 g/mol. The molecule has 0 saturated carbocycles. The van der Waals surface area contributed by atoms with Crippen LogP contribution < -0.4 is 4.74 Å². The molecule has 0 aliphatic carbocycles. The molecule has 0 amide bonds. The molecule has 1 atom stereocenters. The number of aliphatic hydroxyl groups is 1. The van der Waals surface area contributed by atoms with E-state index in [1.807, 2.05) is 0 Å². The molecule has 8 nitrogen and oxygen atoms in total. The van der Waals surface area contributed by atoms with Crippen LogP contribution in [0.1, 0.15) is 58.3 Å². The molecule has 0 heterocycles. The second-order valence-corrected chi connectivity index (χ2v) is 7.80. The summed E-state index contributed by atoms with van der Waals surface area (Å²) in [5, 5.41) is 9.72. The molecule has 2 N–H and O–H groups in total. The number of carbonyl (C=O) groups is 1. The molecule has 0 saturated heterocycles. The Balaban J connectivity index is 2.09. The average Bonchev–Trinajstić information content (AvgIpc) is 2.64. The molecule has 0 bridgehead atoms. The van der Waals surface area contributed by atoms with E-state index in [9.17, 15) is 18.3 Å². The summed E-state index contributed by atoms with van der Waals surface area (Å²) < 4.78 is 45.5. The van der Waals surface area contributed by atoms with E-state index in [0.717, 1.165) is 31.4 Å². The SMILES string of the molecule is CCCCCCCCCC(O)OCCOC(=O)Oc1ccc(S(=O)(=O)O)cc1. The maximum absolute atomic E-state index is 11.5. The lowest BCUT2D eigenvalue weighted by Crippen LogP contribution is -2.19. The normalized spacial score (nSPS) is 12.5. The number of unbranched alkanes of at least 4 members (excludes halogenated alkanes) is 6. The van der Waals surface area contributed by atoms with Crippen LogP contribution in [0, 0.1) is 0 Å². The Hall–Kier alpha value is -1.68. The summed E-state index contributed by atoms with van der Waals surface area (Å²) in [7, 11) is -4.30. The molecule has 1 aromatic carbocycles. The van der Waals surface area contributed by atoms with Crippen molar-refractivity contribution < 1.29 is 37.1 Å². The van der Waals surface area contributed by atoms with Crippen molar-refractivity contribution in [1.82, 2.24) is 0 Å². The lowest BCUT2D eigenvalue weighted by atomic mass is 10.1. The van der Waals surface area contributed by atoms with E-state index in [2.05, 4.69) is 6.92 Å². The van der Waals surface area contributed by atoms with Crippen LogP contribution in [0.3, 0.4) is 0 Å². The van der Waals surface area contributed by atoms with Gasteiger partial charge in [-0.2, -0.15) is 8.42 Å². The predicted octanol–water partition coefficient (Wildman–Crippen LogP) is 3.92. The molecular formula is C19H30O8S. The lowest BCUT2D eigenvalue weighted by molar-refractivity contribution is -0.113. The van der Waals surface area contributed by atoms with Gasteiger partial charge in [0.2, 0.25) is 0 Å². The van der Waals surface area contributed by atoms with Crippen molar-refractivity contribution in [2.24, 2.45) is 0 Å². The summed E-state index contributed by atoms with van der Waals surface area (Å²) in [5.41, 5.74) is 0. The Labute approximate surface area is 166 Å². The Morgan fingerprint density at radius 3 is 2.21 bits per heavy atom. The average molecular weight is 419 g/mol. The van der Waals surface area contributed by atoms with Crippen LogP contribution in [0.2, 0.25) is 0 Å². The van der Waals surface area contributed by atoms with Gasteiger partial charge in [-0.1, -0.05) is 45.4 Å². The maximum atomic E-state index is 11.5. The standard InChI is InChI=1S/C19H30O8S/c1-2-3-4-5-6-7-8-9-18(20)25-14-15-26-19(21)27-16-10-12-17(13-11-16)28(22,23)24/h10-13,18,20H,2-9,14-15H2,1H3,(H,22,23,24). The van der Waals surface area contributed by atoms with Crippen LogP contribution >= 0.6 is 0 Å². The van der Waals surface area contributed by atoms with Crippen molar-refractivity contribution in [3.63, 3.8) is 0 Å². The molecule has 1 unspecified atom stereocenters. The van der Waals surface area contributed by atoms with Crippen molar-refractivity contribution in [3.8, 4) is 5.75 Å². The number of hydrogen-bond acceptors (Lipinski definition) is 7. The molecule has 28 heavy (non-hydrogen) atoms. The van der Waals surface area contributed by atoms with Gasteiger partial charge in [0.15, 0.2) is 6.29 Å². The first-order chi connectivity index (χ1) is 13.3. The third-order valence-corrected chi connectivity index (χ3v) is 4.86. The highest BCUT2D eigenvalue weighted by Crippen LogP contribution is 2.16. The second-order valence-electron chi connectivity index (χ2n) is 6.38. The molecule has 0 spiro atoms. The van der Waals surface area contributed by atoms with Crippen LogP contribution in [-0.4, -0.2) is 43.7 Å². The van der Waals surface area contributed by atoms with Crippen molar-refractivity contribution in [1.29, 1.82) is 0 Å². The highest BCUT2D eigenvalue weighted by molar-refractivity contribution is 7.85. The van der Waals surface area contributed by atoms with Gasteiger partial charge in [-0.05, 0) is 37.1 Å². The van der Waals surface area contributed by atoms with Gasteiger partial charge in [0.05, 0.1) is 11.5 Å². The zero-order chi connectivity index (χ0) is 20.8. The summed E-state index contributed by atoms with van der Waals surface area (Å²) in [4.78, 5) is 11.2. The van der Waals surface area contributed by atoms with Gasteiger partial charge in [0, 0.05) is 0 Å². The minimum atomic E-state index is -4.30. The number of hydrogen-bond donors (Lipinski definition) is 2. The maximum Gasteiger partial charge on any atom is 0.513 e. The van der Waals surface area contributed by atoms with Gasteiger partial charge in [-0.15, -0.1) is 0 Å². The fourth-order valence-electron chi connectivity index (χ4n) is 2.47. The van der Waals surface area contributed by atoms with E-state index in [1.54, 1.807) is 0 Å². The fraction of sp³-hybridized carbons (Fsp3) is 0.632. The van der Waals surface area contributed by atoms with Gasteiger partial charge in [-0.3, -0.25) is 4.55 Å². The van der Waals surface area contributed by atoms with Crippen LogP contribution in [0.4, 0.5) is 4.79 Å². The molecule has 0 aromatic heterocycles. The Bertz CT molecular complexity index is 657. The summed E-state index contributed by atoms with van der Waals surface area (Å²) in [6.07, 6.45) is 6.75. The molecule has 9 heteroatoms. The summed E-state index contributed by atoms with van der Waals surface area (Å²) in [6, 6.07) is 4.63. The van der Waals surface area contributed by atoms with E-state index in [-0.39, 0.29) is 23.9 Å². The van der Waals surface area contributed by atoms with Crippen molar-refractivity contribution in [3.05, 3.63) is 24.3 Å². The molecular weight excluding hydrogens is 388 g/mol. The molecule has 160 valence electrons. The quantitative estimate of drug-likeness (QED) is 0.153. The molecule has 0 aliphatic heterocycles. The Kier molecular flexibility index (Phi) is 11.7. The van der Waals surface area contributed by atoms with Gasteiger partial charge in [-0.25, -0.2) is 4.79 Å². The lowest BCUT2D eigenvalue weighted by Gasteiger charge is -2.12. The molecule has 0 fully saturated rings. The molecule has 1 aromatic rings. The van der Waals surface area contributed by atoms with E-state index in [4.69, 9.17) is 18.8 Å². The summed E-state index contributed by atoms with van der Waals surface area (Å²) >= 11 is 0. The Morgan fingerprint density at radius 2 is 1.61 bits per heavy atom. The van der Waals surface area contributed by atoms with E-state index < -0.39 is 22.6 Å². The van der Waals surface area contributed by atoms with Gasteiger partial charge >= 0.3 is 6.16 Å². The molecule has 1 rings (SSSR count). The zero-order valence-corrected chi connectivity index (χ0v) is 17.0. The van der Waals surface area contributed by atoms with E-state index in [1.165, 1.54) is 37.8 Å². The fourth-order valence-corrected chi connectivity index (χ4v) is 2.95. The van der Waals surface area contributed by atoms with Crippen molar-refractivity contribution in [2.45, 2.75) is 69.5 Å². The number of aliphatic hydroxyl groups excluding tert-OH is 1. The second kappa shape index (κ2) is 13.5. The topological polar surface area (TPSA) is 119 Å². The van der Waals surface area contributed by atoms with Gasteiger partial charge in [0.1, 0.15) is 12.4 Å². The minimum Gasteiger partial charge on any atom is -0.432 e. The smallest absolute Gasteiger partial charge is 0.432 e. The van der Waals surface area contributed by atoms with Crippen LogP contribution in [0.25, 0.3) is 0 Å². The number of ether oxygens (including phenoxy) is 3. The molecule has 0 radical (unpaired) electrons. The molecule has 0 aliphatic rings. The minimum absolute atomic E-state index is 0.0362. The van der Waals surface area contributed by atoms with Crippen LogP contribution in [-0.2, 0) is 19.6 Å². The number of carbonyl (C=O) groups excluding carboxylic acids is 1. The summed E-state index contributed by atoms with van der Waals surface area (Å²) in [5.74, 6) is 0.0669. The van der Waals surface area contributed by atoms with Gasteiger partial charge < -0.3 is 19.3 Å². The largest absolute Gasteiger partial charge is 0.513 e. The van der Waals surface area contributed by atoms with Crippen molar-refractivity contribution >= 4 is 16.3 Å². The Morgan fingerprint density at radius 1 is 1.00 bits per heavy atom. The number of benzene rings is 1. The predicted molar refractivity (Wildman–Crippen MR) is 103 cm³/mol. The van der Waals surface area contributed by atoms with Crippen LogP contribution in [0.5, 0.6) is 5.75 Å². The van der Waals surface area contributed by atoms with Crippen molar-refractivity contribution in [2.75, 3.05) is 13.2 Å². The first-order valence-corrected chi connectivity index (χ1v) is 11.0. The summed E-state index contributed by atoms with van der Waals surface area (Å²) in [6.45, 7) is 2.13. The van der Waals surface area contributed by atoms with E-state index in [0.29, 0.717) is 6.42 Å².